The predicted molar refractivity (Wildman–Crippen MR) is 94.2 cm³/mol. The van der Waals surface area contributed by atoms with Gasteiger partial charge in [-0.25, -0.2) is 9.67 Å². The lowest BCUT2D eigenvalue weighted by Crippen LogP contribution is -2.14. The third kappa shape index (κ3) is 3.03. The van der Waals surface area contributed by atoms with Crippen molar-refractivity contribution in [1.82, 2.24) is 14.8 Å². The number of carbonyl (C=O) groups is 2. The van der Waals surface area contributed by atoms with Crippen LogP contribution in [0.3, 0.4) is 0 Å². The molecule has 1 aliphatic carbocycles. The summed E-state index contributed by atoms with van der Waals surface area (Å²) in [5.74, 6) is 0.557. The van der Waals surface area contributed by atoms with Crippen LogP contribution in [0, 0.1) is 6.92 Å². The number of aromatic nitrogens is 3. The van der Waals surface area contributed by atoms with E-state index in [1.165, 1.54) is 0 Å². The van der Waals surface area contributed by atoms with Crippen LogP contribution in [0.4, 0.5) is 5.95 Å². The van der Waals surface area contributed by atoms with Crippen molar-refractivity contribution in [1.29, 1.82) is 0 Å². The van der Waals surface area contributed by atoms with Gasteiger partial charge in [-0.1, -0.05) is 30.3 Å². The molecule has 2 heterocycles. The average Bonchev–Trinajstić information content (AvgIpc) is 3.21. The molecule has 1 amide bonds. The molecule has 0 fully saturated rings. The van der Waals surface area contributed by atoms with Crippen LogP contribution in [0.5, 0.6) is 0 Å². The second-order valence-corrected chi connectivity index (χ2v) is 6.34. The number of hydrogen-bond donors (Lipinski definition) is 1. The highest BCUT2D eigenvalue weighted by atomic mass is 16.4. The largest absolute Gasteiger partial charge is 0.455 e. The second-order valence-electron chi connectivity index (χ2n) is 6.34. The topological polar surface area (TPSA) is 90.0 Å². The van der Waals surface area contributed by atoms with Gasteiger partial charge in [0, 0.05) is 18.4 Å². The Kier molecular flexibility index (Phi) is 4.12. The Morgan fingerprint density at radius 1 is 1.27 bits per heavy atom. The van der Waals surface area contributed by atoms with Crippen LogP contribution in [0.2, 0.25) is 0 Å². The Morgan fingerprint density at radius 2 is 2.08 bits per heavy atom. The van der Waals surface area contributed by atoms with Gasteiger partial charge in [0.2, 0.25) is 5.95 Å². The van der Waals surface area contributed by atoms with Crippen molar-refractivity contribution < 1.29 is 14.0 Å². The zero-order valence-electron chi connectivity index (χ0n) is 14.4. The van der Waals surface area contributed by atoms with Crippen LogP contribution in [0.15, 0.2) is 41.1 Å². The van der Waals surface area contributed by atoms with Gasteiger partial charge in [-0.15, -0.1) is 5.10 Å². The number of nitrogens with zero attached hydrogens (tertiary/aromatic N) is 3. The summed E-state index contributed by atoms with van der Waals surface area (Å²) < 4.78 is 7.30. The average molecular weight is 350 g/mol. The van der Waals surface area contributed by atoms with Crippen LogP contribution in [0.1, 0.15) is 50.6 Å². The first-order valence-electron chi connectivity index (χ1n) is 8.52. The van der Waals surface area contributed by atoms with E-state index in [9.17, 15) is 9.59 Å². The Hall–Kier alpha value is -3.22. The molecule has 1 aliphatic rings. The predicted octanol–water partition coefficient (Wildman–Crippen LogP) is 3.00. The van der Waals surface area contributed by atoms with Crippen LogP contribution >= 0.6 is 0 Å². The maximum Gasteiger partial charge on any atom is 0.294 e. The molecular weight excluding hydrogens is 332 g/mol. The molecule has 3 aromatic rings. The number of benzene rings is 1. The molecular formula is C19H18N4O3. The monoisotopic (exact) mass is 350 g/mol. The summed E-state index contributed by atoms with van der Waals surface area (Å²) in [6, 6.07) is 9.85. The van der Waals surface area contributed by atoms with E-state index < -0.39 is 5.91 Å². The third-order valence-corrected chi connectivity index (χ3v) is 4.46. The molecule has 1 N–H and O–H groups in total. The zero-order valence-corrected chi connectivity index (χ0v) is 14.4. The molecule has 0 radical (unpaired) electrons. The van der Waals surface area contributed by atoms with Gasteiger partial charge >= 0.3 is 0 Å². The number of amides is 1. The van der Waals surface area contributed by atoms with E-state index >= 15 is 0 Å². The minimum Gasteiger partial charge on any atom is -0.455 e. The number of carbonyl (C=O) groups excluding carboxylic acids is 2. The number of rotatable bonds is 4. The summed E-state index contributed by atoms with van der Waals surface area (Å²) in [4.78, 5) is 28.7. The minimum atomic E-state index is -0.442. The van der Waals surface area contributed by atoms with Gasteiger partial charge in [-0.2, -0.15) is 0 Å². The summed E-state index contributed by atoms with van der Waals surface area (Å²) in [5, 5.41) is 6.90. The van der Waals surface area contributed by atoms with E-state index in [1.807, 2.05) is 30.3 Å². The van der Waals surface area contributed by atoms with Crippen LogP contribution in [-0.4, -0.2) is 26.5 Å². The van der Waals surface area contributed by atoms with Crippen molar-refractivity contribution in [3.63, 3.8) is 0 Å². The third-order valence-electron chi connectivity index (χ3n) is 4.46. The highest BCUT2D eigenvalue weighted by Gasteiger charge is 2.29. The van der Waals surface area contributed by atoms with Gasteiger partial charge < -0.3 is 4.42 Å². The fourth-order valence-electron chi connectivity index (χ4n) is 3.22. The van der Waals surface area contributed by atoms with E-state index in [-0.39, 0.29) is 17.5 Å². The lowest BCUT2D eigenvalue weighted by atomic mass is 9.94. The van der Waals surface area contributed by atoms with E-state index in [2.05, 4.69) is 15.4 Å². The van der Waals surface area contributed by atoms with Crippen molar-refractivity contribution in [3.05, 3.63) is 64.9 Å². The number of hydrogen-bond acceptors (Lipinski definition) is 5. The van der Waals surface area contributed by atoms with Gasteiger partial charge in [-0.05, 0) is 18.9 Å². The number of furan rings is 1. The van der Waals surface area contributed by atoms with Crippen molar-refractivity contribution in [3.8, 4) is 0 Å². The molecule has 0 spiro atoms. The standard InChI is InChI=1S/C19H18N4O3/c1-12-16-14(24)8-5-9-15(16)26-17(12)18(25)21-19-20-11-23(22-19)10-13-6-3-2-4-7-13/h2-4,6-7,11H,5,8-10H2,1H3,(H,21,22,25). The Labute approximate surface area is 150 Å². The SMILES string of the molecule is Cc1c(C(=O)Nc2ncn(Cc3ccccc3)n2)oc2c1C(=O)CCC2. The number of fused-ring (bicyclic) bond motifs is 1. The number of aryl methyl sites for hydroxylation is 1. The summed E-state index contributed by atoms with van der Waals surface area (Å²) >= 11 is 0. The summed E-state index contributed by atoms with van der Waals surface area (Å²) in [5.41, 5.74) is 2.23. The van der Waals surface area contributed by atoms with Crippen molar-refractivity contribution in [2.75, 3.05) is 5.32 Å². The quantitative estimate of drug-likeness (QED) is 0.781. The normalized spacial score (nSPS) is 13.5. The molecule has 0 bridgehead atoms. The maximum atomic E-state index is 12.5. The lowest BCUT2D eigenvalue weighted by molar-refractivity contribution is 0.0963. The number of Topliss-reactive ketones (excluding diaryl/α,β-unsaturated/α-hetero) is 1. The van der Waals surface area contributed by atoms with Crippen LogP contribution in [0.25, 0.3) is 0 Å². The van der Waals surface area contributed by atoms with E-state index in [1.54, 1.807) is 17.9 Å². The van der Waals surface area contributed by atoms with Crippen molar-refractivity contribution in [2.24, 2.45) is 0 Å². The van der Waals surface area contributed by atoms with Gasteiger partial charge in [0.1, 0.15) is 12.1 Å². The highest BCUT2D eigenvalue weighted by molar-refractivity contribution is 6.07. The fraction of sp³-hybridized carbons (Fsp3) is 0.263. The second kappa shape index (κ2) is 6.59. The number of ketones is 1. The van der Waals surface area contributed by atoms with Gasteiger partial charge in [-0.3, -0.25) is 14.9 Å². The molecule has 0 saturated heterocycles. The van der Waals surface area contributed by atoms with E-state index in [4.69, 9.17) is 4.42 Å². The van der Waals surface area contributed by atoms with Crippen molar-refractivity contribution in [2.45, 2.75) is 32.7 Å². The summed E-state index contributed by atoms with van der Waals surface area (Å²) in [6.07, 6.45) is 3.50. The number of nitrogens with one attached hydrogen (secondary N) is 1. The Morgan fingerprint density at radius 3 is 2.85 bits per heavy atom. The molecule has 4 rings (SSSR count). The molecule has 26 heavy (non-hydrogen) atoms. The lowest BCUT2D eigenvalue weighted by Gasteiger charge is -2.07. The maximum absolute atomic E-state index is 12.5. The molecule has 7 heteroatoms. The Bertz CT molecular complexity index is 972. The Balaban J connectivity index is 1.50. The zero-order chi connectivity index (χ0) is 18.1. The number of anilines is 1. The molecule has 0 saturated carbocycles. The molecule has 7 nitrogen and oxygen atoms in total. The van der Waals surface area contributed by atoms with Crippen molar-refractivity contribution >= 4 is 17.6 Å². The summed E-state index contributed by atoms with van der Waals surface area (Å²) in [7, 11) is 0. The fourth-order valence-corrected chi connectivity index (χ4v) is 3.22. The molecule has 2 aromatic heterocycles. The molecule has 0 aliphatic heterocycles. The van der Waals surface area contributed by atoms with Gasteiger partial charge in [0.15, 0.2) is 11.5 Å². The first-order chi connectivity index (χ1) is 12.6. The van der Waals surface area contributed by atoms with Crippen LogP contribution in [-0.2, 0) is 13.0 Å². The highest BCUT2D eigenvalue weighted by Crippen LogP contribution is 2.29. The molecule has 0 atom stereocenters. The molecule has 0 unspecified atom stereocenters. The molecule has 132 valence electrons. The van der Waals surface area contributed by atoms with E-state index in [0.29, 0.717) is 36.3 Å². The van der Waals surface area contributed by atoms with Gasteiger partial charge in [0.05, 0.1) is 12.1 Å². The van der Waals surface area contributed by atoms with Crippen LogP contribution < -0.4 is 5.32 Å². The smallest absolute Gasteiger partial charge is 0.294 e. The van der Waals surface area contributed by atoms with E-state index in [0.717, 1.165) is 12.0 Å². The van der Waals surface area contributed by atoms with Gasteiger partial charge in [0.25, 0.3) is 5.91 Å². The first-order valence-corrected chi connectivity index (χ1v) is 8.52. The molecule has 1 aromatic carbocycles. The first kappa shape index (κ1) is 16.3. The summed E-state index contributed by atoms with van der Waals surface area (Å²) in [6.45, 7) is 2.30. The minimum absolute atomic E-state index is 0.0387.